The Kier molecular flexibility index (Phi) is 4.99. The number of carbonyl (C=O) groups excluding carboxylic acids is 1. The van der Waals surface area contributed by atoms with Crippen LogP contribution in [-0.4, -0.2) is 12.1 Å². The fourth-order valence-corrected chi connectivity index (χ4v) is 3.08. The molecule has 3 nitrogen and oxygen atoms in total. The Bertz CT molecular complexity index is 642. The highest BCUT2D eigenvalue weighted by Gasteiger charge is 2.09. The molecule has 0 saturated heterocycles. The minimum Gasteiger partial charge on any atom is -0.267 e. The molecule has 2 aromatic rings. The molecule has 0 aliphatic heterocycles. The minimum absolute atomic E-state index is 0.291. The fraction of sp³-hybridized carbons (Fsp3) is 0. The monoisotopic (exact) mass is 376 g/mol. The molecule has 0 fully saturated rings. The highest BCUT2D eigenvalue weighted by Crippen LogP contribution is 2.21. The molecular weight excluding hydrogens is 371 g/mol. The lowest BCUT2D eigenvalue weighted by atomic mass is 10.2. The van der Waals surface area contributed by atoms with Crippen molar-refractivity contribution in [3.05, 3.63) is 54.6 Å². The predicted octanol–water partition coefficient (Wildman–Crippen LogP) is 4.58. The average Bonchev–Trinajstić information content (AvgIpc) is 2.75. The number of nitrogens with zero attached hydrogens (tertiary/aromatic N) is 1. The van der Waals surface area contributed by atoms with Crippen molar-refractivity contribution < 1.29 is 4.79 Å². The molecule has 1 amide bonds. The first kappa shape index (κ1) is 14.5. The normalized spacial score (nSPS) is 10.9. The smallest absolute Gasteiger partial charge is 0.267 e. The van der Waals surface area contributed by atoms with Crippen LogP contribution < -0.4 is 5.43 Å². The van der Waals surface area contributed by atoms with Gasteiger partial charge in [-0.3, -0.25) is 4.79 Å². The van der Waals surface area contributed by atoms with Gasteiger partial charge in [-0.1, -0.05) is 23.2 Å². The van der Waals surface area contributed by atoms with Gasteiger partial charge in [0.25, 0.3) is 5.91 Å². The average molecular weight is 378 g/mol. The maximum absolute atomic E-state index is 11.8. The molecule has 1 aromatic carbocycles. The standard InChI is InChI=1S/C12H7BrCl2N2OS/c13-11-4-2-8(19-11)6-16-17-12(18)9-3-1-7(14)5-10(9)15/h1-6H,(H,17,18)/b16-6-. The van der Waals surface area contributed by atoms with Crippen molar-refractivity contribution in [2.24, 2.45) is 5.10 Å². The van der Waals surface area contributed by atoms with Gasteiger partial charge < -0.3 is 0 Å². The molecule has 2 rings (SSSR count). The number of rotatable bonds is 3. The summed E-state index contributed by atoms with van der Waals surface area (Å²) in [6.45, 7) is 0. The third-order valence-electron chi connectivity index (χ3n) is 2.13. The molecule has 1 heterocycles. The number of hydrazone groups is 1. The van der Waals surface area contributed by atoms with E-state index in [2.05, 4.69) is 26.5 Å². The van der Waals surface area contributed by atoms with Crippen molar-refractivity contribution in [2.45, 2.75) is 0 Å². The Morgan fingerprint density at radius 1 is 1.32 bits per heavy atom. The Hall–Kier alpha value is -0.880. The summed E-state index contributed by atoms with van der Waals surface area (Å²) in [6, 6.07) is 8.46. The van der Waals surface area contributed by atoms with Crippen LogP contribution in [0.4, 0.5) is 0 Å². The van der Waals surface area contributed by atoms with Gasteiger partial charge in [-0.15, -0.1) is 11.3 Å². The van der Waals surface area contributed by atoms with Crippen LogP contribution in [0.5, 0.6) is 0 Å². The van der Waals surface area contributed by atoms with E-state index < -0.39 is 0 Å². The van der Waals surface area contributed by atoms with Crippen LogP contribution >= 0.6 is 50.5 Å². The number of nitrogens with one attached hydrogen (secondary N) is 1. The second kappa shape index (κ2) is 6.52. The number of benzene rings is 1. The van der Waals surface area contributed by atoms with Gasteiger partial charge in [0.05, 0.1) is 20.6 Å². The van der Waals surface area contributed by atoms with Crippen molar-refractivity contribution >= 4 is 62.6 Å². The van der Waals surface area contributed by atoms with E-state index in [0.717, 1.165) is 8.66 Å². The van der Waals surface area contributed by atoms with E-state index in [1.54, 1.807) is 18.3 Å². The van der Waals surface area contributed by atoms with Crippen molar-refractivity contribution in [2.75, 3.05) is 0 Å². The molecule has 0 aliphatic carbocycles. The summed E-state index contributed by atoms with van der Waals surface area (Å²) < 4.78 is 1.00. The van der Waals surface area contributed by atoms with Crippen LogP contribution in [0.2, 0.25) is 10.0 Å². The summed E-state index contributed by atoms with van der Waals surface area (Å²) >= 11 is 16.5. The second-order valence-corrected chi connectivity index (χ2v) is 6.80. The van der Waals surface area contributed by atoms with E-state index in [1.165, 1.54) is 17.4 Å². The van der Waals surface area contributed by atoms with Gasteiger partial charge in [-0.25, -0.2) is 5.43 Å². The van der Waals surface area contributed by atoms with Crippen molar-refractivity contribution in [1.82, 2.24) is 5.43 Å². The first-order chi connectivity index (χ1) is 9.06. The number of carbonyl (C=O) groups is 1. The van der Waals surface area contributed by atoms with Gasteiger partial charge in [-0.2, -0.15) is 5.10 Å². The maximum Gasteiger partial charge on any atom is 0.272 e. The minimum atomic E-state index is -0.381. The van der Waals surface area contributed by atoms with Gasteiger partial charge in [0.15, 0.2) is 0 Å². The summed E-state index contributed by atoms with van der Waals surface area (Å²) in [5.74, 6) is -0.381. The molecule has 0 aliphatic rings. The molecule has 0 bridgehead atoms. The number of amides is 1. The third kappa shape index (κ3) is 4.04. The van der Waals surface area contributed by atoms with Gasteiger partial charge >= 0.3 is 0 Å². The SMILES string of the molecule is O=C(N/N=C\c1ccc(Br)s1)c1ccc(Cl)cc1Cl. The largest absolute Gasteiger partial charge is 0.272 e. The molecule has 1 N–H and O–H groups in total. The van der Waals surface area contributed by atoms with Crippen LogP contribution in [0.1, 0.15) is 15.2 Å². The third-order valence-corrected chi connectivity index (χ3v) is 4.23. The summed E-state index contributed by atoms with van der Waals surface area (Å²) in [4.78, 5) is 12.7. The van der Waals surface area contributed by atoms with E-state index in [-0.39, 0.29) is 5.91 Å². The lowest BCUT2D eigenvalue weighted by Gasteiger charge is -2.02. The molecular formula is C12H7BrCl2N2OS. The van der Waals surface area contributed by atoms with Crippen molar-refractivity contribution in [3.8, 4) is 0 Å². The Morgan fingerprint density at radius 3 is 2.74 bits per heavy atom. The molecule has 0 radical (unpaired) electrons. The Morgan fingerprint density at radius 2 is 2.11 bits per heavy atom. The van der Waals surface area contributed by atoms with Gasteiger partial charge in [0.2, 0.25) is 0 Å². The number of hydrogen-bond acceptors (Lipinski definition) is 3. The molecule has 1 aromatic heterocycles. The molecule has 0 saturated carbocycles. The van der Waals surface area contributed by atoms with E-state index in [0.29, 0.717) is 15.6 Å². The van der Waals surface area contributed by atoms with Crippen LogP contribution in [-0.2, 0) is 0 Å². The fourth-order valence-electron chi connectivity index (χ4n) is 1.29. The summed E-state index contributed by atoms with van der Waals surface area (Å²) in [5.41, 5.74) is 2.74. The van der Waals surface area contributed by atoms with E-state index in [9.17, 15) is 4.79 Å². The second-order valence-electron chi connectivity index (χ2n) is 3.47. The van der Waals surface area contributed by atoms with E-state index >= 15 is 0 Å². The topological polar surface area (TPSA) is 41.5 Å². The lowest BCUT2D eigenvalue weighted by molar-refractivity contribution is 0.0955. The zero-order chi connectivity index (χ0) is 13.8. The first-order valence-corrected chi connectivity index (χ1v) is 7.46. The van der Waals surface area contributed by atoms with E-state index in [1.807, 2.05) is 12.1 Å². The quantitative estimate of drug-likeness (QED) is 0.617. The van der Waals surface area contributed by atoms with Crippen LogP contribution in [0.15, 0.2) is 39.2 Å². The van der Waals surface area contributed by atoms with E-state index in [4.69, 9.17) is 23.2 Å². The Labute approximate surface area is 132 Å². The number of hydrogen-bond donors (Lipinski definition) is 1. The van der Waals surface area contributed by atoms with Gasteiger partial charge in [0, 0.05) is 9.90 Å². The maximum atomic E-state index is 11.8. The molecule has 0 atom stereocenters. The predicted molar refractivity (Wildman–Crippen MR) is 83.5 cm³/mol. The van der Waals surface area contributed by atoms with Crippen LogP contribution in [0.3, 0.4) is 0 Å². The molecule has 0 unspecified atom stereocenters. The molecule has 7 heteroatoms. The summed E-state index contributed by atoms with van der Waals surface area (Å²) in [6.07, 6.45) is 1.57. The lowest BCUT2D eigenvalue weighted by Crippen LogP contribution is -2.17. The Balaban J connectivity index is 2.03. The zero-order valence-electron chi connectivity index (χ0n) is 9.36. The molecule has 19 heavy (non-hydrogen) atoms. The number of thiophene rings is 1. The highest BCUT2D eigenvalue weighted by atomic mass is 79.9. The molecule has 0 spiro atoms. The molecule has 98 valence electrons. The van der Waals surface area contributed by atoms with Crippen molar-refractivity contribution in [3.63, 3.8) is 0 Å². The summed E-state index contributed by atoms with van der Waals surface area (Å²) in [5, 5.41) is 4.64. The van der Waals surface area contributed by atoms with Crippen LogP contribution in [0, 0.1) is 0 Å². The summed E-state index contributed by atoms with van der Waals surface area (Å²) in [7, 11) is 0. The van der Waals surface area contributed by atoms with Crippen molar-refractivity contribution in [1.29, 1.82) is 0 Å². The van der Waals surface area contributed by atoms with Gasteiger partial charge in [0.1, 0.15) is 0 Å². The number of halogens is 3. The first-order valence-electron chi connectivity index (χ1n) is 5.10. The zero-order valence-corrected chi connectivity index (χ0v) is 13.3. The van der Waals surface area contributed by atoms with Gasteiger partial charge in [-0.05, 0) is 46.3 Å². The van der Waals surface area contributed by atoms with Crippen LogP contribution in [0.25, 0.3) is 0 Å². The highest BCUT2D eigenvalue weighted by molar-refractivity contribution is 9.11.